The molecule has 2 unspecified atom stereocenters. The zero-order chi connectivity index (χ0) is 12.8. The minimum Gasteiger partial charge on any atom is -0.464 e. The topological polar surface area (TPSA) is 72.6 Å². The number of nitrogens with two attached hydrogens (primary N) is 1. The van der Waals surface area contributed by atoms with Crippen LogP contribution in [0.4, 0.5) is 0 Å². The molecule has 1 aliphatic heterocycles. The fourth-order valence-corrected chi connectivity index (χ4v) is 2.06. The van der Waals surface area contributed by atoms with E-state index < -0.39 is 6.04 Å². The maximum atomic E-state index is 12.1. The molecule has 0 aromatic rings. The molecule has 0 aromatic carbocycles. The summed E-state index contributed by atoms with van der Waals surface area (Å²) in [4.78, 5) is 25.5. The summed E-state index contributed by atoms with van der Waals surface area (Å²) in [5.41, 5.74) is 5.50. The van der Waals surface area contributed by atoms with Gasteiger partial charge in [0, 0.05) is 19.0 Å². The molecule has 0 bridgehead atoms. The van der Waals surface area contributed by atoms with Gasteiger partial charge in [0.2, 0.25) is 5.91 Å². The summed E-state index contributed by atoms with van der Waals surface area (Å²) in [6, 6.07) is -0.412. The highest BCUT2D eigenvalue weighted by molar-refractivity contribution is 5.86. The van der Waals surface area contributed by atoms with E-state index >= 15 is 0 Å². The molecule has 1 fully saturated rings. The number of likely N-dealkylation sites (tertiary alicyclic amines) is 1. The van der Waals surface area contributed by atoms with Gasteiger partial charge in [-0.15, -0.1) is 0 Å². The Bertz CT molecular complexity index is 281. The van der Waals surface area contributed by atoms with Gasteiger partial charge in [-0.25, -0.2) is 4.79 Å². The van der Waals surface area contributed by atoms with Crippen molar-refractivity contribution in [1.82, 2.24) is 4.90 Å². The first kappa shape index (κ1) is 14.0. The van der Waals surface area contributed by atoms with E-state index in [1.165, 1.54) is 0 Å². The number of nitrogens with zero attached hydrogens (tertiary/aromatic N) is 1. The zero-order valence-electron chi connectivity index (χ0n) is 10.6. The van der Waals surface area contributed by atoms with Gasteiger partial charge in [0.05, 0.1) is 6.61 Å². The quantitative estimate of drug-likeness (QED) is 0.730. The van der Waals surface area contributed by atoms with Crippen LogP contribution in [-0.4, -0.2) is 42.5 Å². The normalized spacial score (nSPS) is 22.1. The molecule has 2 atom stereocenters. The number of carbonyl (C=O) groups excluding carboxylic acids is 2. The van der Waals surface area contributed by atoms with Crippen LogP contribution >= 0.6 is 0 Å². The Morgan fingerprint density at radius 1 is 1.47 bits per heavy atom. The van der Waals surface area contributed by atoms with Crippen LogP contribution in [0.25, 0.3) is 0 Å². The third-order valence-electron chi connectivity index (χ3n) is 3.12. The fourth-order valence-electron chi connectivity index (χ4n) is 2.06. The largest absolute Gasteiger partial charge is 0.464 e. The summed E-state index contributed by atoms with van der Waals surface area (Å²) in [6.45, 7) is 4.86. The van der Waals surface area contributed by atoms with Crippen molar-refractivity contribution < 1.29 is 14.3 Å². The number of esters is 1. The summed E-state index contributed by atoms with van der Waals surface area (Å²) in [5.74, 6) is -0.556. The van der Waals surface area contributed by atoms with Gasteiger partial charge >= 0.3 is 5.97 Å². The smallest absolute Gasteiger partial charge is 0.328 e. The molecule has 5 nitrogen and oxygen atoms in total. The molecule has 5 heteroatoms. The molecule has 17 heavy (non-hydrogen) atoms. The average Bonchev–Trinajstić information content (AvgIpc) is 2.37. The van der Waals surface area contributed by atoms with E-state index in [1.807, 2.05) is 0 Å². The number of ether oxygens (including phenoxy) is 1. The molecule has 1 saturated heterocycles. The molecule has 1 heterocycles. The number of rotatable bonds is 4. The Balaban J connectivity index is 2.71. The average molecular weight is 242 g/mol. The fraction of sp³-hybridized carbons (Fsp3) is 0.833. The van der Waals surface area contributed by atoms with Crippen LogP contribution in [0, 0.1) is 5.92 Å². The van der Waals surface area contributed by atoms with Crippen molar-refractivity contribution in [1.29, 1.82) is 0 Å². The molecule has 0 aromatic heterocycles. The highest BCUT2D eigenvalue weighted by Gasteiger charge is 2.34. The Hall–Kier alpha value is -1.10. The molecule has 0 spiro atoms. The Morgan fingerprint density at radius 2 is 2.18 bits per heavy atom. The Labute approximate surface area is 102 Å². The van der Waals surface area contributed by atoms with Crippen molar-refractivity contribution >= 4 is 11.9 Å². The maximum Gasteiger partial charge on any atom is 0.328 e. The molecular formula is C12H22N2O3. The van der Waals surface area contributed by atoms with E-state index in [4.69, 9.17) is 10.5 Å². The third kappa shape index (κ3) is 3.43. The van der Waals surface area contributed by atoms with Crippen molar-refractivity contribution in [3.05, 3.63) is 0 Å². The van der Waals surface area contributed by atoms with Gasteiger partial charge in [0.15, 0.2) is 0 Å². The molecule has 2 N–H and O–H groups in total. The zero-order valence-corrected chi connectivity index (χ0v) is 10.6. The summed E-state index contributed by atoms with van der Waals surface area (Å²) in [5, 5.41) is 0. The second-order valence-electron chi connectivity index (χ2n) is 4.43. The van der Waals surface area contributed by atoms with Crippen LogP contribution in [0.5, 0.6) is 0 Å². The van der Waals surface area contributed by atoms with Crippen LogP contribution in [0.15, 0.2) is 0 Å². The van der Waals surface area contributed by atoms with E-state index in [0.717, 1.165) is 12.8 Å². The van der Waals surface area contributed by atoms with E-state index in [9.17, 15) is 9.59 Å². The van der Waals surface area contributed by atoms with Gasteiger partial charge in [0.25, 0.3) is 0 Å². The first-order valence-corrected chi connectivity index (χ1v) is 6.29. The highest BCUT2D eigenvalue weighted by Crippen LogP contribution is 2.20. The Morgan fingerprint density at radius 3 is 2.76 bits per heavy atom. The predicted octanol–water partition coefficient (Wildman–Crippen LogP) is 0.525. The first-order valence-electron chi connectivity index (χ1n) is 6.29. The SMILES string of the molecule is CCOC(=O)C1CCCCN1C(=O)C(C)CN. The number of hydrogen-bond donors (Lipinski definition) is 1. The van der Waals surface area contributed by atoms with Crippen LogP contribution in [0.3, 0.4) is 0 Å². The van der Waals surface area contributed by atoms with Crippen molar-refractivity contribution in [2.24, 2.45) is 11.7 Å². The molecule has 1 rings (SSSR count). The lowest BCUT2D eigenvalue weighted by Crippen LogP contribution is -2.51. The van der Waals surface area contributed by atoms with Gasteiger partial charge in [-0.05, 0) is 26.2 Å². The molecule has 0 saturated carbocycles. The lowest BCUT2D eigenvalue weighted by Gasteiger charge is -2.35. The summed E-state index contributed by atoms with van der Waals surface area (Å²) in [7, 11) is 0. The molecule has 0 radical (unpaired) electrons. The summed E-state index contributed by atoms with van der Waals surface area (Å²) >= 11 is 0. The van der Waals surface area contributed by atoms with Gasteiger partial charge < -0.3 is 15.4 Å². The highest BCUT2D eigenvalue weighted by atomic mass is 16.5. The number of hydrogen-bond acceptors (Lipinski definition) is 4. The number of carbonyl (C=O) groups is 2. The van der Waals surface area contributed by atoms with Gasteiger partial charge in [0.1, 0.15) is 6.04 Å². The van der Waals surface area contributed by atoms with Crippen molar-refractivity contribution in [3.8, 4) is 0 Å². The van der Waals surface area contributed by atoms with Crippen LogP contribution in [0.1, 0.15) is 33.1 Å². The van der Waals surface area contributed by atoms with E-state index in [0.29, 0.717) is 26.1 Å². The van der Waals surface area contributed by atoms with E-state index in [2.05, 4.69) is 0 Å². The van der Waals surface area contributed by atoms with Crippen LogP contribution in [0.2, 0.25) is 0 Å². The van der Waals surface area contributed by atoms with E-state index in [1.54, 1.807) is 18.7 Å². The van der Waals surface area contributed by atoms with Crippen molar-refractivity contribution in [2.75, 3.05) is 19.7 Å². The predicted molar refractivity (Wildman–Crippen MR) is 64.2 cm³/mol. The minimum atomic E-state index is -0.412. The van der Waals surface area contributed by atoms with Crippen LogP contribution < -0.4 is 5.73 Å². The second-order valence-corrected chi connectivity index (χ2v) is 4.43. The lowest BCUT2D eigenvalue weighted by molar-refractivity contribution is -0.157. The van der Waals surface area contributed by atoms with Crippen molar-refractivity contribution in [3.63, 3.8) is 0 Å². The monoisotopic (exact) mass is 242 g/mol. The first-order chi connectivity index (χ1) is 8.11. The second kappa shape index (κ2) is 6.59. The van der Waals surface area contributed by atoms with Gasteiger partial charge in [-0.3, -0.25) is 4.79 Å². The molecule has 98 valence electrons. The maximum absolute atomic E-state index is 12.1. The molecular weight excluding hydrogens is 220 g/mol. The standard InChI is InChI=1S/C12H22N2O3/c1-3-17-12(16)10-6-4-5-7-14(10)11(15)9(2)8-13/h9-10H,3-8,13H2,1-2H3. The van der Waals surface area contributed by atoms with Gasteiger partial charge in [-0.2, -0.15) is 0 Å². The van der Waals surface area contributed by atoms with Crippen molar-refractivity contribution in [2.45, 2.75) is 39.2 Å². The van der Waals surface area contributed by atoms with Gasteiger partial charge in [-0.1, -0.05) is 6.92 Å². The summed E-state index contributed by atoms with van der Waals surface area (Å²) < 4.78 is 5.01. The van der Waals surface area contributed by atoms with Crippen LogP contribution in [-0.2, 0) is 14.3 Å². The number of amides is 1. The van der Waals surface area contributed by atoms with E-state index in [-0.39, 0.29) is 17.8 Å². The molecule has 0 aliphatic carbocycles. The summed E-state index contributed by atoms with van der Waals surface area (Å²) in [6.07, 6.45) is 2.60. The number of piperidine rings is 1. The lowest BCUT2D eigenvalue weighted by atomic mass is 9.99. The Kier molecular flexibility index (Phi) is 5.41. The molecule has 1 amide bonds. The third-order valence-corrected chi connectivity index (χ3v) is 3.12. The minimum absolute atomic E-state index is 0.0368. The molecule has 1 aliphatic rings.